The van der Waals surface area contributed by atoms with Gasteiger partial charge >= 0.3 is 0 Å². The molecule has 1 saturated heterocycles. The first-order chi connectivity index (χ1) is 9.81. The molecule has 110 valence electrons. The maximum Gasteiger partial charge on any atom is 0.222 e. The minimum atomic E-state index is 0.354. The van der Waals surface area contributed by atoms with Crippen molar-refractivity contribution < 1.29 is 4.79 Å². The van der Waals surface area contributed by atoms with Crippen LogP contribution in [0.25, 0.3) is 0 Å². The normalized spacial score (nSPS) is 23.9. The maximum atomic E-state index is 12.1. The molecule has 1 atom stereocenters. The monoisotopic (exact) mass is 276 g/mol. The van der Waals surface area contributed by atoms with Crippen molar-refractivity contribution in [2.24, 2.45) is 5.92 Å². The molecule has 5 heteroatoms. The number of imidazole rings is 1. The predicted molar refractivity (Wildman–Crippen MR) is 77.2 cm³/mol. The molecule has 1 unspecified atom stereocenters. The van der Waals surface area contributed by atoms with Gasteiger partial charge in [-0.05, 0) is 31.6 Å². The number of aromatic nitrogens is 2. The molecule has 1 aliphatic carbocycles. The molecule has 2 fully saturated rings. The zero-order chi connectivity index (χ0) is 13.8. The van der Waals surface area contributed by atoms with Crippen molar-refractivity contribution >= 4 is 5.91 Å². The van der Waals surface area contributed by atoms with E-state index in [0.717, 1.165) is 50.6 Å². The zero-order valence-electron chi connectivity index (χ0n) is 12.0. The summed E-state index contributed by atoms with van der Waals surface area (Å²) in [6.07, 6.45) is 9.94. The largest absolute Gasteiger partial charge is 0.349 e. The van der Waals surface area contributed by atoms with Crippen molar-refractivity contribution in [3.8, 4) is 0 Å². The number of amides is 1. The Hall–Kier alpha value is -1.36. The molecule has 1 amide bonds. The van der Waals surface area contributed by atoms with Crippen molar-refractivity contribution in [1.29, 1.82) is 0 Å². The fourth-order valence-corrected chi connectivity index (χ4v) is 2.88. The number of aromatic amines is 1. The van der Waals surface area contributed by atoms with E-state index in [1.165, 1.54) is 12.8 Å². The Morgan fingerprint density at radius 1 is 1.35 bits per heavy atom. The first-order valence-corrected chi connectivity index (χ1v) is 7.80. The number of rotatable bonds is 6. The number of H-pyrrole nitrogens is 1. The van der Waals surface area contributed by atoms with Crippen LogP contribution in [0, 0.1) is 5.92 Å². The minimum Gasteiger partial charge on any atom is -0.349 e. The van der Waals surface area contributed by atoms with Gasteiger partial charge in [0.1, 0.15) is 5.82 Å². The molecule has 20 heavy (non-hydrogen) atoms. The molecule has 5 nitrogen and oxygen atoms in total. The standard InChI is InChI=1S/C15H24N4O/c20-15-4-3-13(6-10-19(15)11-12-1-2-12)16-7-5-14-17-8-9-18-14/h8-9,12-13,16H,1-7,10-11H2,(H,17,18). The van der Waals surface area contributed by atoms with Crippen molar-refractivity contribution in [1.82, 2.24) is 20.2 Å². The van der Waals surface area contributed by atoms with Gasteiger partial charge in [-0.3, -0.25) is 4.79 Å². The fourth-order valence-electron chi connectivity index (χ4n) is 2.88. The van der Waals surface area contributed by atoms with Crippen LogP contribution in [0.1, 0.15) is 37.9 Å². The average Bonchev–Trinajstić information content (AvgIpc) is 3.15. The first-order valence-electron chi connectivity index (χ1n) is 7.80. The summed E-state index contributed by atoms with van der Waals surface area (Å²) in [6.45, 7) is 2.85. The number of hydrogen-bond donors (Lipinski definition) is 2. The van der Waals surface area contributed by atoms with E-state index in [4.69, 9.17) is 0 Å². The summed E-state index contributed by atoms with van der Waals surface area (Å²) in [5, 5.41) is 3.57. The molecule has 2 aliphatic rings. The molecule has 2 N–H and O–H groups in total. The van der Waals surface area contributed by atoms with Gasteiger partial charge in [-0.25, -0.2) is 4.98 Å². The van der Waals surface area contributed by atoms with Crippen LogP contribution in [0.5, 0.6) is 0 Å². The molecule has 1 aliphatic heterocycles. The van der Waals surface area contributed by atoms with Crippen LogP contribution >= 0.6 is 0 Å². The average molecular weight is 276 g/mol. The molecule has 0 radical (unpaired) electrons. The third kappa shape index (κ3) is 3.82. The van der Waals surface area contributed by atoms with E-state index >= 15 is 0 Å². The van der Waals surface area contributed by atoms with E-state index < -0.39 is 0 Å². The van der Waals surface area contributed by atoms with Gasteiger partial charge in [-0.15, -0.1) is 0 Å². The second-order valence-corrected chi connectivity index (χ2v) is 6.05. The van der Waals surface area contributed by atoms with E-state index in [9.17, 15) is 4.79 Å². The highest BCUT2D eigenvalue weighted by molar-refractivity contribution is 5.76. The highest BCUT2D eigenvalue weighted by Crippen LogP contribution is 2.30. The second kappa shape index (κ2) is 6.39. The quantitative estimate of drug-likeness (QED) is 0.824. The van der Waals surface area contributed by atoms with E-state index in [2.05, 4.69) is 20.2 Å². The Morgan fingerprint density at radius 2 is 2.25 bits per heavy atom. The number of likely N-dealkylation sites (tertiary alicyclic amines) is 1. The summed E-state index contributed by atoms with van der Waals surface area (Å²) < 4.78 is 0. The summed E-state index contributed by atoms with van der Waals surface area (Å²) in [5.74, 6) is 2.17. The maximum absolute atomic E-state index is 12.1. The minimum absolute atomic E-state index is 0.354. The van der Waals surface area contributed by atoms with Crippen molar-refractivity contribution in [2.45, 2.75) is 44.6 Å². The number of nitrogens with one attached hydrogen (secondary N) is 2. The van der Waals surface area contributed by atoms with Gasteiger partial charge in [0.2, 0.25) is 5.91 Å². The lowest BCUT2D eigenvalue weighted by atomic mass is 10.1. The number of carbonyl (C=O) groups is 1. The Labute approximate surface area is 120 Å². The lowest BCUT2D eigenvalue weighted by molar-refractivity contribution is -0.130. The van der Waals surface area contributed by atoms with Gasteiger partial charge in [0.25, 0.3) is 0 Å². The lowest BCUT2D eigenvalue weighted by Gasteiger charge is -2.20. The Balaban J connectivity index is 1.40. The summed E-state index contributed by atoms with van der Waals surface area (Å²) in [7, 11) is 0. The molecule has 1 aromatic heterocycles. The van der Waals surface area contributed by atoms with Crippen molar-refractivity contribution in [2.75, 3.05) is 19.6 Å². The van der Waals surface area contributed by atoms with Crippen LogP contribution in [0.4, 0.5) is 0 Å². The Bertz CT molecular complexity index is 427. The first kappa shape index (κ1) is 13.6. The second-order valence-electron chi connectivity index (χ2n) is 6.05. The summed E-state index contributed by atoms with van der Waals surface area (Å²) >= 11 is 0. The van der Waals surface area contributed by atoms with Gasteiger partial charge in [0.15, 0.2) is 0 Å². The van der Waals surface area contributed by atoms with Gasteiger partial charge in [0, 0.05) is 50.9 Å². The highest BCUT2D eigenvalue weighted by atomic mass is 16.2. The fraction of sp³-hybridized carbons (Fsp3) is 0.733. The van der Waals surface area contributed by atoms with Gasteiger partial charge < -0.3 is 15.2 Å². The topological polar surface area (TPSA) is 61.0 Å². The predicted octanol–water partition coefficient (Wildman–Crippen LogP) is 1.33. The zero-order valence-corrected chi connectivity index (χ0v) is 12.0. The molecule has 1 saturated carbocycles. The van der Waals surface area contributed by atoms with Crippen LogP contribution in [0.2, 0.25) is 0 Å². The molecule has 0 aromatic carbocycles. The molecular formula is C15H24N4O. The molecule has 0 spiro atoms. The Kier molecular flexibility index (Phi) is 4.35. The third-order valence-corrected chi connectivity index (χ3v) is 4.33. The van der Waals surface area contributed by atoms with Crippen LogP contribution in [0.3, 0.4) is 0 Å². The Morgan fingerprint density at radius 3 is 3.00 bits per heavy atom. The van der Waals surface area contributed by atoms with Crippen LogP contribution < -0.4 is 5.32 Å². The van der Waals surface area contributed by atoms with Crippen molar-refractivity contribution in [3.05, 3.63) is 18.2 Å². The van der Waals surface area contributed by atoms with Crippen LogP contribution in [-0.2, 0) is 11.2 Å². The van der Waals surface area contributed by atoms with Crippen LogP contribution in [-0.4, -0.2) is 46.5 Å². The number of hydrogen-bond acceptors (Lipinski definition) is 3. The molecule has 1 aromatic rings. The summed E-state index contributed by atoms with van der Waals surface area (Å²) in [6, 6.07) is 0.470. The van der Waals surface area contributed by atoms with Gasteiger partial charge in [-0.2, -0.15) is 0 Å². The SMILES string of the molecule is O=C1CCC(NCCc2ncc[nH]2)CCN1CC1CC1. The molecule has 0 bridgehead atoms. The summed E-state index contributed by atoms with van der Waals surface area (Å²) in [5.41, 5.74) is 0. The van der Waals surface area contributed by atoms with E-state index in [0.29, 0.717) is 18.4 Å². The van der Waals surface area contributed by atoms with E-state index in [-0.39, 0.29) is 0 Å². The third-order valence-electron chi connectivity index (χ3n) is 4.33. The van der Waals surface area contributed by atoms with Gasteiger partial charge in [-0.1, -0.05) is 0 Å². The lowest BCUT2D eigenvalue weighted by Crippen LogP contribution is -2.34. The summed E-state index contributed by atoms with van der Waals surface area (Å²) in [4.78, 5) is 21.5. The molecule has 3 rings (SSSR count). The smallest absolute Gasteiger partial charge is 0.222 e. The van der Waals surface area contributed by atoms with Crippen LogP contribution in [0.15, 0.2) is 12.4 Å². The van der Waals surface area contributed by atoms with E-state index in [1.807, 2.05) is 6.20 Å². The number of carbonyl (C=O) groups excluding carboxylic acids is 1. The molecule has 2 heterocycles. The number of nitrogens with zero attached hydrogens (tertiary/aromatic N) is 2. The van der Waals surface area contributed by atoms with E-state index in [1.54, 1.807) is 6.20 Å². The highest BCUT2D eigenvalue weighted by Gasteiger charge is 2.28. The van der Waals surface area contributed by atoms with Crippen molar-refractivity contribution in [3.63, 3.8) is 0 Å². The van der Waals surface area contributed by atoms with Gasteiger partial charge in [0.05, 0.1) is 0 Å². The molecular weight excluding hydrogens is 252 g/mol.